The van der Waals surface area contributed by atoms with Crippen molar-refractivity contribution >= 4 is 19.6 Å². The molecule has 0 spiro atoms. The average molecular weight is 740 g/mol. The number of hydrogen-bond donors (Lipinski definition) is 0. The molecule has 51 heavy (non-hydrogen) atoms. The van der Waals surface area contributed by atoms with Crippen LogP contribution >= 0.6 is 19.6 Å². The molecule has 0 saturated heterocycles. The summed E-state index contributed by atoms with van der Waals surface area (Å²) in [4.78, 5) is 12.9. The summed E-state index contributed by atoms with van der Waals surface area (Å²) >= 11 is 1.68. The van der Waals surface area contributed by atoms with Crippen LogP contribution in [0.4, 0.5) is 0 Å². The Hall–Kier alpha value is -1.96. The third-order valence-corrected chi connectivity index (χ3v) is 11.9. The number of likely N-dealkylation sites (N-methyl/N-ethyl adjacent to an activating group) is 1. The number of ether oxygens (including phenoxy) is 1. The van der Waals surface area contributed by atoms with Gasteiger partial charge in [0.1, 0.15) is 13.2 Å². The average Bonchev–Trinajstić information content (AvgIpc) is 3.13. The molecule has 1 unspecified atom stereocenters. The minimum atomic E-state index is -4.52. The highest BCUT2D eigenvalue weighted by atomic mass is 32.2. The number of nitrogens with zero attached hydrogens (tertiary/aromatic N) is 1. The van der Waals surface area contributed by atoms with Crippen LogP contribution in [0.5, 0.6) is 0 Å². The first-order valence-corrected chi connectivity index (χ1v) is 21.8. The van der Waals surface area contributed by atoms with Crippen LogP contribution in [0.15, 0.2) is 91.0 Å². The van der Waals surface area contributed by atoms with Gasteiger partial charge in [0.2, 0.25) is 0 Å². The van der Waals surface area contributed by atoms with E-state index in [0.717, 1.165) is 29.5 Å². The smallest absolute Gasteiger partial charge is 0.268 e. The van der Waals surface area contributed by atoms with Crippen LogP contribution in [0, 0.1) is 0 Å². The van der Waals surface area contributed by atoms with Crippen molar-refractivity contribution < 1.29 is 27.7 Å². The molecule has 3 aromatic carbocycles. The molecule has 3 aromatic rings. The van der Waals surface area contributed by atoms with E-state index in [1.165, 1.54) is 77.0 Å². The van der Waals surface area contributed by atoms with E-state index in [4.69, 9.17) is 13.8 Å². The molecule has 6 nitrogen and oxygen atoms in total. The van der Waals surface area contributed by atoms with Gasteiger partial charge in [0.25, 0.3) is 7.82 Å². The molecule has 0 aliphatic rings. The molecule has 0 aromatic heterocycles. The maximum absolute atomic E-state index is 12.9. The van der Waals surface area contributed by atoms with E-state index in [-0.39, 0.29) is 18.5 Å². The first-order valence-electron chi connectivity index (χ1n) is 19.5. The molecule has 0 radical (unpaired) electrons. The van der Waals surface area contributed by atoms with Gasteiger partial charge in [-0.1, -0.05) is 181 Å². The third kappa shape index (κ3) is 17.2. The highest BCUT2D eigenvalue weighted by Gasteiger charge is 2.40. The quantitative estimate of drug-likeness (QED) is 0.0306. The second-order valence-corrected chi connectivity index (χ2v) is 17.7. The van der Waals surface area contributed by atoms with Crippen molar-refractivity contribution in [1.82, 2.24) is 0 Å². The Balaban J connectivity index is 1.63. The number of hydrogen-bond acceptors (Lipinski definition) is 6. The van der Waals surface area contributed by atoms with E-state index in [1.807, 2.05) is 39.3 Å². The largest absolute Gasteiger partial charge is 0.756 e. The number of thioether (sulfide) groups is 1. The molecule has 0 bridgehead atoms. The maximum atomic E-state index is 12.9. The Morgan fingerprint density at radius 1 is 0.608 bits per heavy atom. The lowest BCUT2D eigenvalue weighted by Crippen LogP contribution is -2.37. The van der Waals surface area contributed by atoms with Gasteiger partial charge in [-0.3, -0.25) is 4.57 Å². The number of rotatable bonds is 29. The summed E-state index contributed by atoms with van der Waals surface area (Å²) in [6, 6.07) is 31.3. The molecule has 0 saturated carbocycles. The van der Waals surface area contributed by atoms with Crippen molar-refractivity contribution in [3.05, 3.63) is 108 Å². The first kappa shape index (κ1) is 43.4. The van der Waals surface area contributed by atoms with E-state index in [9.17, 15) is 9.46 Å². The van der Waals surface area contributed by atoms with Crippen LogP contribution in [-0.4, -0.2) is 63.8 Å². The molecule has 0 heterocycles. The van der Waals surface area contributed by atoms with Gasteiger partial charge in [-0.05, 0) is 23.1 Å². The van der Waals surface area contributed by atoms with Crippen molar-refractivity contribution in [2.45, 2.75) is 107 Å². The lowest BCUT2D eigenvalue weighted by atomic mass is 9.84. The third-order valence-electron chi connectivity index (χ3n) is 9.26. The van der Waals surface area contributed by atoms with Crippen molar-refractivity contribution in [1.29, 1.82) is 0 Å². The van der Waals surface area contributed by atoms with Gasteiger partial charge in [-0.25, -0.2) is 0 Å². The fourth-order valence-corrected chi connectivity index (χ4v) is 8.80. The fourth-order valence-electron chi connectivity index (χ4n) is 6.34. The Morgan fingerprint density at radius 3 is 1.43 bits per heavy atom. The molecular weight excluding hydrogens is 674 g/mol. The van der Waals surface area contributed by atoms with Crippen molar-refractivity contribution in [2.24, 2.45) is 0 Å². The number of quaternary nitrogens is 1. The zero-order valence-corrected chi connectivity index (χ0v) is 33.7. The van der Waals surface area contributed by atoms with Gasteiger partial charge in [-0.2, -0.15) is 0 Å². The zero-order valence-electron chi connectivity index (χ0n) is 32.0. The molecular formula is C43H66NO5PS. The normalized spacial score (nSPS) is 14.0. The standard InChI is InChI=1S/C43H66NO5PS/c1-5-6-7-8-9-10-11-12-13-14-15-16-17-27-35-47-37-42(38-49-50(45,46)48-36-34-44(2,3)4)51-43(39-28-21-18-22-29-39,40-30-23-19-24-31-40)41-32-25-20-26-33-41/h18-26,28-33,42H,5-17,27,34-38H2,1-4H3/t42-/m1/s1. The van der Waals surface area contributed by atoms with E-state index in [1.54, 1.807) is 11.8 Å². The van der Waals surface area contributed by atoms with Gasteiger partial charge in [0.05, 0.1) is 44.4 Å². The van der Waals surface area contributed by atoms with Crippen LogP contribution in [0.25, 0.3) is 0 Å². The van der Waals surface area contributed by atoms with Gasteiger partial charge in [0, 0.05) is 6.61 Å². The Bertz CT molecular complexity index is 1240. The highest BCUT2D eigenvalue weighted by Crippen LogP contribution is 2.51. The molecule has 0 fully saturated rings. The summed E-state index contributed by atoms with van der Waals surface area (Å²) in [5, 5.41) is -0.304. The monoisotopic (exact) mass is 739 g/mol. The predicted octanol–water partition coefficient (Wildman–Crippen LogP) is 10.8. The van der Waals surface area contributed by atoms with Gasteiger partial charge >= 0.3 is 0 Å². The van der Waals surface area contributed by atoms with Crippen LogP contribution < -0.4 is 4.89 Å². The van der Waals surface area contributed by atoms with Crippen molar-refractivity contribution in [2.75, 3.05) is 54.1 Å². The zero-order chi connectivity index (χ0) is 36.7. The van der Waals surface area contributed by atoms with E-state index < -0.39 is 12.6 Å². The lowest BCUT2D eigenvalue weighted by molar-refractivity contribution is -0.870. The molecule has 2 atom stereocenters. The first-order chi connectivity index (χ1) is 24.7. The summed E-state index contributed by atoms with van der Waals surface area (Å²) in [6.45, 7) is 3.84. The highest BCUT2D eigenvalue weighted by molar-refractivity contribution is 8.01. The van der Waals surface area contributed by atoms with Crippen LogP contribution in [0.3, 0.4) is 0 Å². The van der Waals surface area contributed by atoms with Gasteiger partial charge in [0.15, 0.2) is 0 Å². The minimum Gasteiger partial charge on any atom is -0.756 e. The lowest BCUT2D eigenvalue weighted by Gasteiger charge is -2.38. The maximum Gasteiger partial charge on any atom is 0.268 e. The van der Waals surface area contributed by atoms with Gasteiger partial charge < -0.3 is 23.2 Å². The van der Waals surface area contributed by atoms with E-state index in [0.29, 0.717) is 24.2 Å². The van der Waals surface area contributed by atoms with Crippen LogP contribution in [0.2, 0.25) is 0 Å². The number of phosphoric ester groups is 1. The summed E-state index contributed by atoms with van der Waals surface area (Å²) in [6.07, 6.45) is 18.4. The molecule has 0 aliphatic carbocycles. The molecule has 3 rings (SSSR count). The topological polar surface area (TPSA) is 67.8 Å². The van der Waals surface area contributed by atoms with E-state index in [2.05, 4.69) is 79.7 Å². The van der Waals surface area contributed by atoms with Crippen LogP contribution in [0.1, 0.15) is 114 Å². The van der Waals surface area contributed by atoms with Crippen LogP contribution in [-0.2, 0) is 23.1 Å². The fraction of sp³-hybridized carbons (Fsp3) is 0.581. The summed E-state index contributed by atoms with van der Waals surface area (Å²) < 4.78 is 30.1. The molecule has 0 aliphatic heterocycles. The second-order valence-electron chi connectivity index (χ2n) is 14.8. The predicted molar refractivity (Wildman–Crippen MR) is 214 cm³/mol. The van der Waals surface area contributed by atoms with E-state index >= 15 is 0 Å². The summed E-state index contributed by atoms with van der Waals surface area (Å²) in [5.74, 6) is 0. The number of benzene rings is 3. The number of phosphoric acid groups is 1. The van der Waals surface area contributed by atoms with Crippen molar-refractivity contribution in [3.63, 3.8) is 0 Å². The van der Waals surface area contributed by atoms with Crippen molar-refractivity contribution in [3.8, 4) is 0 Å². The molecule has 0 N–H and O–H groups in total. The van der Waals surface area contributed by atoms with Gasteiger partial charge in [-0.15, -0.1) is 11.8 Å². The Labute approximate surface area is 314 Å². The summed E-state index contributed by atoms with van der Waals surface area (Å²) in [5.41, 5.74) is 3.32. The molecule has 0 amide bonds. The SMILES string of the molecule is CCCCCCCCCCCCCCCCOC[C@H](COP(=O)([O-])OCC[N+](C)(C)C)SC(c1ccccc1)(c1ccccc1)c1ccccc1. The Morgan fingerprint density at radius 2 is 1.02 bits per heavy atom. The minimum absolute atomic E-state index is 0.0528. The molecule has 8 heteroatoms. The molecule has 284 valence electrons. The second kappa shape index (κ2) is 24.4. The number of unbranched alkanes of at least 4 members (excludes halogenated alkanes) is 13. The Kier molecular flexibility index (Phi) is 20.8. The summed E-state index contributed by atoms with van der Waals surface area (Å²) in [7, 11) is 1.48.